The minimum atomic E-state index is -0.652. The van der Waals surface area contributed by atoms with Gasteiger partial charge in [0, 0.05) is 29.2 Å². The van der Waals surface area contributed by atoms with E-state index in [1.807, 2.05) is 31.3 Å². The molecule has 0 radical (unpaired) electrons. The second-order valence-corrected chi connectivity index (χ2v) is 8.29. The van der Waals surface area contributed by atoms with Crippen molar-refractivity contribution in [2.45, 2.75) is 38.9 Å². The largest absolute Gasteiger partial charge is 0.325 e. The standard InChI is InChI=1S/C23H21ClN6O3/c1-13-2-4-16(9-18(13)24)28-23(27-12-25)26-10-14-3-5-17-15(8-14)11-30(22(17)33)19-6-7-20(31)29-21(19)32/h2-5,8-9,19H,6-7,10-11H2,1H3,(H2,26,27,28)(H,29,31,32). The molecule has 4 rings (SSSR count). The highest BCUT2D eigenvalue weighted by atomic mass is 35.5. The highest BCUT2D eigenvalue weighted by Crippen LogP contribution is 2.28. The summed E-state index contributed by atoms with van der Waals surface area (Å²) in [6.45, 7) is 2.45. The van der Waals surface area contributed by atoms with Crippen molar-refractivity contribution in [2.75, 3.05) is 5.32 Å². The van der Waals surface area contributed by atoms with E-state index >= 15 is 0 Å². The van der Waals surface area contributed by atoms with Gasteiger partial charge in [-0.25, -0.2) is 4.99 Å². The van der Waals surface area contributed by atoms with Crippen LogP contribution < -0.4 is 16.0 Å². The molecule has 0 aliphatic carbocycles. The summed E-state index contributed by atoms with van der Waals surface area (Å²) < 4.78 is 0. The number of carbonyl (C=O) groups excluding carboxylic acids is 3. The Morgan fingerprint density at radius 3 is 2.82 bits per heavy atom. The van der Waals surface area contributed by atoms with E-state index in [4.69, 9.17) is 16.9 Å². The maximum Gasteiger partial charge on any atom is 0.255 e. The molecule has 2 aromatic rings. The maximum atomic E-state index is 12.8. The fourth-order valence-electron chi connectivity index (χ4n) is 3.87. The first-order valence-electron chi connectivity index (χ1n) is 10.3. The molecule has 168 valence electrons. The van der Waals surface area contributed by atoms with Gasteiger partial charge in [-0.05, 0) is 48.2 Å². The maximum absolute atomic E-state index is 12.8. The van der Waals surface area contributed by atoms with E-state index in [1.165, 1.54) is 4.90 Å². The normalized spacial score (nSPS) is 18.0. The quantitative estimate of drug-likeness (QED) is 0.210. The number of aryl methyl sites for hydroxylation is 1. The molecule has 33 heavy (non-hydrogen) atoms. The second-order valence-electron chi connectivity index (χ2n) is 7.88. The van der Waals surface area contributed by atoms with E-state index in [2.05, 4.69) is 20.9 Å². The number of aliphatic imine (C=N–C) groups is 1. The van der Waals surface area contributed by atoms with Gasteiger partial charge in [-0.2, -0.15) is 5.26 Å². The third-order valence-electron chi connectivity index (χ3n) is 5.62. The van der Waals surface area contributed by atoms with Crippen molar-refractivity contribution >= 4 is 41.0 Å². The Morgan fingerprint density at radius 1 is 1.27 bits per heavy atom. The monoisotopic (exact) mass is 464 g/mol. The summed E-state index contributed by atoms with van der Waals surface area (Å²) in [6, 6.07) is 10.2. The zero-order valence-corrected chi connectivity index (χ0v) is 18.6. The summed E-state index contributed by atoms with van der Waals surface area (Å²) >= 11 is 6.16. The van der Waals surface area contributed by atoms with Crippen LogP contribution in [-0.2, 0) is 22.7 Å². The summed E-state index contributed by atoms with van der Waals surface area (Å²) in [4.78, 5) is 42.4. The number of hydrogen-bond acceptors (Lipinski definition) is 5. The van der Waals surface area contributed by atoms with Gasteiger partial charge < -0.3 is 10.2 Å². The highest BCUT2D eigenvalue weighted by Gasteiger charge is 2.39. The Morgan fingerprint density at radius 2 is 2.09 bits per heavy atom. The van der Waals surface area contributed by atoms with E-state index < -0.39 is 11.9 Å². The number of benzene rings is 2. The first kappa shape index (κ1) is 22.3. The molecule has 0 aromatic heterocycles. The van der Waals surface area contributed by atoms with E-state index in [0.717, 1.165) is 16.7 Å². The molecule has 9 nitrogen and oxygen atoms in total. The molecule has 0 bridgehead atoms. The van der Waals surface area contributed by atoms with E-state index in [9.17, 15) is 14.4 Å². The zero-order chi connectivity index (χ0) is 23.5. The Bertz CT molecular complexity index is 1220. The first-order chi connectivity index (χ1) is 15.9. The lowest BCUT2D eigenvalue weighted by Crippen LogP contribution is -2.52. The number of nitriles is 1. The Kier molecular flexibility index (Phi) is 6.29. The van der Waals surface area contributed by atoms with Crippen LogP contribution >= 0.6 is 11.6 Å². The average Bonchev–Trinajstić information content (AvgIpc) is 3.10. The van der Waals surface area contributed by atoms with Crippen LogP contribution in [0.1, 0.15) is 39.9 Å². The number of fused-ring (bicyclic) bond motifs is 1. The number of nitrogens with one attached hydrogen (secondary N) is 3. The molecule has 2 aromatic carbocycles. The molecule has 0 saturated carbocycles. The van der Waals surface area contributed by atoms with Crippen molar-refractivity contribution in [1.82, 2.24) is 15.5 Å². The van der Waals surface area contributed by atoms with Crippen LogP contribution in [0.2, 0.25) is 5.02 Å². The van der Waals surface area contributed by atoms with Crippen LogP contribution in [0.4, 0.5) is 5.69 Å². The fourth-order valence-corrected chi connectivity index (χ4v) is 4.05. The van der Waals surface area contributed by atoms with Gasteiger partial charge in [-0.3, -0.25) is 25.0 Å². The molecule has 3 N–H and O–H groups in total. The number of anilines is 1. The summed E-state index contributed by atoms with van der Waals surface area (Å²) in [5, 5.41) is 17.5. The minimum absolute atomic E-state index is 0.213. The molecular weight excluding hydrogens is 444 g/mol. The van der Waals surface area contributed by atoms with Crippen LogP contribution in [0.5, 0.6) is 0 Å². The number of rotatable bonds is 4. The topological polar surface area (TPSA) is 127 Å². The van der Waals surface area contributed by atoms with Crippen LogP contribution in [0, 0.1) is 18.4 Å². The van der Waals surface area contributed by atoms with Crippen molar-refractivity contribution in [3.05, 3.63) is 63.7 Å². The summed E-state index contributed by atoms with van der Waals surface area (Å²) in [6.07, 6.45) is 2.39. The van der Waals surface area contributed by atoms with Crippen molar-refractivity contribution in [2.24, 2.45) is 4.99 Å². The molecule has 1 atom stereocenters. The van der Waals surface area contributed by atoms with Gasteiger partial charge in [0.25, 0.3) is 5.91 Å². The average molecular weight is 465 g/mol. The van der Waals surface area contributed by atoms with E-state index in [-0.39, 0.29) is 30.7 Å². The number of guanidine groups is 1. The zero-order valence-electron chi connectivity index (χ0n) is 17.8. The van der Waals surface area contributed by atoms with Crippen molar-refractivity contribution in [1.29, 1.82) is 5.26 Å². The SMILES string of the molecule is Cc1ccc(NC(=NCc2ccc3c(c2)CN(C2CCC(=O)NC2=O)C3=O)NC#N)cc1Cl. The predicted octanol–water partition coefficient (Wildman–Crippen LogP) is 2.45. The van der Waals surface area contributed by atoms with Gasteiger partial charge in [-0.15, -0.1) is 0 Å². The van der Waals surface area contributed by atoms with Crippen molar-refractivity contribution in [3.8, 4) is 6.19 Å². The fraction of sp³-hybridized carbons (Fsp3) is 0.261. The molecule has 2 heterocycles. The van der Waals surface area contributed by atoms with E-state index in [0.29, 0.717) is 29.2 Å². The smallest absolute Gasteiger partial charge is 0.255 e. The number of piperidine rings is 1. The van der Waals surface area contributed by atoms with Crippen molar-refractivity contribution in [3.63, 3.8) is 0 Å². The first-order valence-corrected chi connectivity index (χ1v) is 10.7. The summed E-state index contributed by atoms with van der Waals surface area (Å²) in [5.74, 6) is -0.714. The number of imide groups is 1. The van der Waals surface area contributed by atoms with Gasteiger partial charge in [0.2, 0.25) is 17.8 Å². The van der Waals surface area contributed by atoms with Gasteiger partial charge in [-0.1, -0.05) is 29.8 Å². The summed E-state index contributed by atoms with van der Waals surface area (Å²) in [7, 11) is 0. The molecule has 1 saturated heterocycles. The Hall–Kier alpha value is -3.90. The van der Waals surface area contributed by atoms with Gasteiger partial charge in [0.05, 0.1) is 6.54 Å². The van der Waals surface area contributed by atoms with E-state index in [1.54, 1.807) is 18.2 Å². The molecule has 1 fully saturated rings. The van der Waals surface area contributed by atoms with Crippen LogP contribution in [0.3, 0.4) is 0 Å². The highest BCUT2D eigenvalue weighted by molar-refractivity contribution is 6.31. The number of amides is 3. The number of nitrogens with zero attached hydrogens (tertiary/aromatic N) is 3. The predicted molar refractivity (Wildman–Crippen MR) is 122 cm³/mol. The molecular formula is C23H21ClN6O3. The number of halogens is 1. The van der Waals surface area contributed by atoms with Crippen LogP contribution in [-0.4, -0.2) is 34.6 Å². The number of hydrogen-bond donors (Lipinski definition) is 3. The third kappa shape index (κ3) is 4.81. The molecule has 2 aliphatic heterocycles. The minimum Gasteiger partial charge on any atom is -0.325 e. The van der Waals surface area contributed by atoms with Crippen LogP contribution in [0.25, 0.3) is 0 Å². The van der Waals surface area contributed by atoms with Gasteiger partial charge in [0.1, 0.15) is 6.04 Å². The lowest BCUT2D eigenvalue weighted by atomic mass is 10.0. The lowest BCUT2D eigenvalue weighted by molar-refractivity contribution is -0.136. The molecule has 3 amide bonds. The third-order valence-corrected chi connectivity index (χ3v) is 6.02. The lowest BCUT2D eigenvalue weighted by Gasteiger charge is -2.29. The molecule has 2 aliphatic rings. The Labute approximate surface area is 195 Å². The Balaban J connectivity index is 1.48. The van der Waals surface area contributed by atoms with Crippen molar-refractivity contribution < 1.29 is 14.4 Å². The number of carbonyl (C=O) groups is 3. The molecule has 10 heteroatoms. The molecule has 0 spiro atoms. The van der Waals surface area contributed by atoms with Gasteiger partial charge in [0.15, 0.2) is 6.19 Å². The molecule has 1 unspecified atom stereocenters. The van der Waals surface area contributed by atoms with Gasteiger partial charge >= 0.3 is 0 Å². The summed E-state index contributed by atoms with van der Waals surface area (Å²) in [5.41, 5.74) is 3.80. The second kappa shape index (κ2) is 9.30. The van der Waals surface area contributed by atoms with Crippen LogP contribution in [0.15, 0.2) is 41.4 Å².